The van der Waals surface area contributed by atoms with Gasteiger partial charge in [-0.15, -0.1) is 0 Å². The lowest BCUT2D eigenvalue weighted by Gasteiger charge is -2.15. The van der Waals surface area contributed by atoms with E-state index in [2.05, 4.69) is 5.32 Å². The number of carboxylic acid groups (broad SMARTS) is 1. The van der Waals surface area contributed by atoms with Gasteiger partial charge in [-0.1, -0.05) is 29.8 Å². The minimum absolute atomic E-state index is 0.630. The number of benzene rings is 1. The molecule has 0 radical (unpaired) electrons. The zero-order chi connectivity index (χ0) is 13.4. The molecule has 0 saturated carbocycles. The van der Waals surface area contributed by atoms with Crippen molar-refractivity contribution < 1.29 is 14.6 Å². The van der Waals surface area contributed by atoms with E-state index in [1.54, 1.807) is 0 Å². The average Bonchev–Trinajstić information content (AvgIpc) is 2.33. The fraction of sp³-hybridized carbons (Fsp3) is 0.500. The molecule has 0 aromatic heterocycles. The summed E-state index contributed by atoms with van der Waals surface area (Å²) in [6, 6.07) is 6.92. The predicted octanol–water partition coefficient (Wildman–Crippen LogP) is 2.14. The minimum atomic E-state index is -0.850. The second-order valence-corrected chi connectivity index (χ2v) is 4.19. The second-order valence-electron chi connectivity index (χ2n) is 4.19. The Kier molecular flexibility index (Phi) is 6.39. The minimum Gasteiger partial charge on any atom is -0.480 e. The van der Waals surface area contributed by atoms with Gasteiger partial charge in [0.1, 0.15) is 6.04 Å². The Balaban J connectivity index is 2.53. The van der Waals surface area contributed by atoms with Crippen LogP contribution >= 0.6 is 0 Å². The molecule has 4 nitrogen and oxygen atoms in total. The van der Waals surface area contributed by atoms with Crippen molar-refractivity contribution in [1.29, 1.82) is 0 Å². The maximum Gasteiger partial charge on any atom is 0.325 e. The molecule has 0 amide bonds. The SMILES string of the molecule is CCOCCCNC(C(=O)O)c1cccc(C)c1. The molecule has 0 bridgehead atoms. The van der Waals surface area contributed by atoms with Gasteiger partial charge in [0.2, 0.25) is 0 Å². The second kappa shape index (κ2) is 7.84. The molecule has 1 aromatic carbocycles. The lowest BCUT2D eigenvalue weighted by molar-refractivity contribution is -0.139. The van der Waals surface area contributed by atoms with E-state index in [9.17, 15) is 9.90 Å². The van der Waals surface area contributed by atoms with Crippen molar-refractivity contribution in [2.24, 2.45) is 0 Å². The third-order valence-electron chi connectivity index (χ3n) is 2.64. The highest BCUT2D eigenvalue weighted by molar-refractivity contribution is 5.75. The molecule has 1 atom stereocenters. The van der Waals surface area contributed by atoms with E-state index in [1.807, 2.05) is 38.1 Å². The van der Waals surface area contributed by atoms with E-state index in [1.165, 1.54) is 0 Å². The molecule has 0 aliphatic heterocycles. The molecule has 0 aliphatic rings. The molecule has 0 saturated heterocycles. The van der Waals surface area contributed by atoms with E-state index in [-0.39, 0.29) is 0 Å². The van der Waals surface area contributed by atoms with Crippen LogP contribution in [0.2, 0.25) is 0 Å². The average molecular weight is 251 g/mol. The van der Waals surface area contributed by atoms with Crippen LogP contribution < -0.4 is 5.32 Å². The summed E-state index contributed by atoms with van der Waals surface area (Å²) < 4.78 is 5.21. The lowest BCUT2D eigenvalue weighted by atomic mass is 10.0. The summed E-state index contributed by atoms with van der Waals surface area (Å²) in [4.78, 5) is 11.2. The summed E-state index contributed by atoms with van der Waals surface area (Å²) in [5.41, 5.74) is 1.86. The fourth-order valence-electron chi connectivity index (χ4n) is 1.76. The summed E-state index contributed by atoms with van der Waals surface area (Å²) in [6.07, 6.45) is 0.809. The van der Waals surface area contributed by atoms with Crippen LogP contribution in [0.15, 0.2) is 24.3 Å². The molecule has 2 N–H and O–H groups in total. The van der Waals surface area contributed by atoms with E-state index in [4.69, 9.17) is 4.74 Å². The van der Waals surface area contributed by atoms with Crippen molar-refractivity contribution in [2.45, 2.75) is 26.3 Å². The molecular weight excluding hydrogens is 230 g/mol. The molecule has 1 rings (SSSR count). The molecule has 1 unspecified atom stereocenters. The topological polar surface area (TPSA) is 58.6 Å². The Bertz CT molecular complexity index is 379. The number of carbonyl (C=O) groups is 1. The van der Waals surface area contributed by atoms with E-state index in [0.29, 0.717) is 19.8 Å². The van der Waals surface area contributed by atoms with Gasteiger partial charge >= 0.3 is 5.97 Å². The number of aliphatic carboxylic acids is 1. The first-order valence-electron chi connectivity index (χ1n) is 6.25. The Hall–Kier alpha value is -1.39. The van der Waals surface area contributed by atoms with E-state index < -0.39 is 12.0 Å². The smallest absolute Gasteiger partial charge is 0.325 e. The third-order valence-corrected chi connectivity index (χ3v) is 2.64. The predicted molar refractivity (Wildman–Crippen MR) is 70.7 cm³/mol. The molecule has 1 aromatic rings. The van der Waals surface area contributed by atoms with Crippen molar-refractivity contribution in [1.82, 2.24) is 5.32 Å². The first kappa shape index (κ1) is 14.7. The highest BCUT2D eigenvalue weighted by Crippen LogP contribution is 2.14. The maximum atomic E-state index is 11.2. The number of aryl methyl sites for hydroxylation is 1. The van der Waals surface area contributed by atoms with Crippen LogP contribution in [0, 0.1) is 6.92 Å². The number of rotatable bonds is 8. The molecular formula is C14H21NO3. The summed E-state index contributed by atoms with van der Waals surface area (Å²) in [5, 5.41) is 12.3. The Morgan fingerprint density at radius 2 is 2.28 bits per heavy atom. The van der Waals surface area contributed by atoms with Crippen LogP contribution in [0.3, 0.4) is 0 Å². The van der Waals surface area contributed by atoms with Gasteiger partial charge in [-0.2, -0.15) is 0 Å². The molecule has 100 valence electrons. The molecule has 0 fully saturated rings. The zero-order valence-corrected chi connectivity index (χ0v) is 11.0. The Labute approximate surface area is 108 Å². The first-order valence-corrected chi connectivity index (χ1v) is 6.25. The quantitative estimate of drug-likeness (QED) is 0.695. The molecule has 0 heterocycles. The van der Waals surface area contributed by atoms with Gasteiger partial charge in [0.15, 0.2) is 0 Å². The van der Waals surface area contributed by atoms with Crippen molar-refractivity contribution >= 4 is 5.97 Å². The van der Waals surface area contributed by atoms with Gasteiger partial charge in [-0.25, -0.2) is 0 Å². The summed E-state index contributed by atoms with van der Waals surface area (Å²) >= 11 is 0. The van der Waals surface area contributed by atoms with Crippen LogP contribution in [0.1, 0.15) is 30.5 Å². The van der Waals surface area contributed by atoms with Crippen molar-refractivity contribution in [3.05, 3.63) is 35.4 Å². The van der Waals surface area contributed by atoms with Crippen LogP contribution in [-0.4, -0.2) is 30.8 Å². The molecule has 18 heavy (non-hydrogen) atoms. The molecule has 0 spiro atoms. The fourth-order valence-corrected chi connectivity index (χ4v) is 1.76. The normalized spacial score (nSPS) is 12.3. The molecule has 4 heteroatoms. The monoisotopic (exact) mass is 251 g/mol. The lowest BCUT2D eigenvalue weighted by Crippen LogP contribution is -2.29. The van der Waals surface area contributed by atoms with Crippen LogP contribution in [0.5, 0.6) is 0 Å². The van der Waals surface area contributed by atoms with Crippen LogP contribution in [0.4, 0.5) is 0 Å². The number of carboxylic acids is 1. The summed E-state index contributed by atoms with van der Waals surface area (Å²) in [6.45, 7) is 5.88. The third kappa shape index (κ3) is 4.85. The van der Waals surface area contributed by atoms with Gasteiger partial charge in [-0.05, 0) is 32.4 Å². The molecule has 0 aliphatic carbocycles. The Morgan fingerprint density at radius 3 is 2.89 bits per heavy atom. The maximum absolute atomic E-state index is 11.2. The van der Waals surface area contributed by atoms with Gasteiger partial charge in [0.05, 0.1) is 0 Å². The summed E-state index contributed by atoms with van der Waals surface area (Å²) in [7, 11) is 0. The van der Waals surface area contributed by atoms with Crippen LogP contribution in [0.25, 0.3) is 0 Å². The summed E-state index contributed by atoms with van der Waals surface area (Å²) in [5.74, 6) is -0.850. The van der Waals surface area contributed by atoms with Crippen molar-refractivity contribution in [2.75, 3.05) is 19.8 Å². The number of hydrogen-bond donors (Lipinski definition) is 2. The first-order chi connectivity index (χ1) is 8.65. The highest BCUT2D eigenvalue weighted by Gasteiger charge is 2.18. The van der Waals surface area contributed by atoms with Crippen molar-refractivity contribution in [3.8, 4) is 0 Å². The zero-order valence-electron chi connectivity index (χ0n) is 11.0. The largest absolute Gasteiger partial charge is 0.480 e. The van der Waals surface area contributed by atoms with Crippen molar-refractivity contribution in [3.63, 3.8) is 0 Å². The van der Waals surface area contributed by atoms with E-state index >= 15 is 0 Å². The van der Waals surface area contributed by atoms with Crippen LogP contribution in [-0.2, 0) is 9.53 Å². The number of ether oxygens (including phenoxy) is 1. The van der Waals surface area contributed by atoms with E-state index in [0.717, 1.165) is 17.5 Å². The number of nitrogens with one attached hydrogen (secondary N) is 1. The van der Waals surface area contributed by atoms with Gasteiger partial charge in [0, 0.05) is 13.2 Å². The number of hydrogen-bond acceptors (Lipinski definition) is 3. The highest BCUT2D eigenvalue weighted by atomic mass is 16.5. The Morgan fingerprint density at radius 1 is 1.50 bits per heavy atom. The standard InChI is InChI=1S/C14H21NO3/c1-3-18-9-5-8-15-13(14(16)17)12-7-4-6-11(2)10-12/h4,6-7,10,13,15H,3,5,8-9H2,1-2H3,(H,16,17). The van der Waals surface area contributed by atoms with Gasteiger partial charge < -0.3 is 15.2 Å². The van der Waals surface area contributed by atoms with Gasteiger partial charge in [0.25, 0.3) is 0 Å². The van der Waals surface area contributed by atoms with Gasteiger partial charge in [-0.3, -0.25) is 4.79 Å².